The number of nitrogens with two attached hydrogens (primary N) is 2. The van der Waals surface area contributed by atoms with Crippen LogP contribution in [-0.4, -0.2) is 28.2 Å². The number of sulfonamides is 1. The number of rotatable bonds is 9. The third-order valence-electron chi connectivity index (χ3n) is 3.11. The molecule has 0 aromatic heterocycles. The molecule has 0 fully saturated rings. The normalized spacial score (nSPS) is 11.6. The molecule has 21 heavy (non-hydrogen) atoms. The summed E-state index contributed by atoms with van der Waals surface area (Å²) in [6.45, 7) is 5.97. The first-order valence-corrected chi connectivity index (χ1v) is 8.65. The molecule has 0 saturated carbocycles. The molecule has 7 heteroatoms. The summed E-state index contributed by atoms with van der Waals surface area (Å²) < 4.78 is 28.5. The van der Waals surface area contributed by atoms with Gasteiger partial charge in [-0.05, 0) is 37.5 Å². The van der Waals surface area contributed by atoms with E-state index >= 15 is 0 Å². The van der Waals surface area contributed by atoms with E-state index in [1.165, 1.54) is 6.07 Å². The van der Waals surface area contributed by atoms with E-state index in [-0.39, 0.29) is 4.90 Å². The summed E-state index contributed by atoms with van der Waals surface area (Å²) in [5.41, 5.74) is 7.36. The van der Waals surface area contributed by atoms with Crippen molar-refractivity contribution in [3.63, 3.8) is 0 Å². The molecule has 5 N–H and O–H groups in total. The van der Waals surface area contributed by atoms with Crippen molar-refractivity contribution >= 4 is 21.4 Å². The van der Waals surface area contributed by atoms with Crippen LogP contribution < -0.4 is 16.2 Å². The molecule has 0 heterocycles. The number of benzene rings is 1. The number of hydrogen-bond donors (Lipinski definition) is 3. The molecule has 0 amide bonds. The second-order valence-corrected chi connectivity index (χ2v) is 6.51. The number of ether oxygens (including phenoxy) is 1. The molecule has 1 rings (SSSR count). The molecule has 0 bridgehead atoms. The minimum absolute atomic E-state index is 0.0594. The largest absolute Gasteiger partial charge is 0.399 e. The van der Waals surface area contributed by atoms with Gasteiger partial charge < -0.3 is 15.8 Å². The minimum Gasteiger partial charge on any atom is -0.399 e. The van der Waals surface area contributed by atoms with Crippen LogP contribution in [0.5, 0.6) is 0 Å². The number of nitrogen functional groups attached to an aromatic ring is 1. The van der Waals surface area contributed by atoms with Gasteiger partial charge in [-0.25, -0.2) is 13.6 Å². The summed E-state index contributed by atoms with van der Waals surface area (Å²) in [5, 5.41) is 8.36. The zero-order chi connectivity index (χ0) is 15.9. The molecule has 0 atom stereocenters. The molecule has 1 aromatic rings. The Labute approximate surface area is 126 Å². The smallest absolute Gasteiger partial charge is 0.238 e. The summed E-state index contributed by atoms with van der Waals surface area (Å²) in [6, 6.07) is 3.09. The first-order valence-electron chi connectivity index (χ1n) is 7.10. The molecule has 0 saturated heterocycles. The average Bonchev–Trinajstić information content (AvgIpc) is 2.39. The Hall–Kier alpha value is -1.31. The molecule has 0 aliphatic heterocycles. The van der Waals surface area contributed by atoms with Gasteiger partial charge in [-0.3, -0.25) is 0 Å². The van der Waals surface area contributed by atoms with Crippen LogP contribution in [0.4, 0.5) is 11.4 Å². The lowest BCUT2D eigenvalue weighted by molar-refractivity contribution is 0.131. The van der Waals surface area contributed by atoms with Gasteiger partial charge in [0.2, 0.25) is 10.0 Å². The van der Waals surface area contributed by atoms with Crippen LogP contribution in [0.1, 0.15) is 31.7 Å². The average molecular weight is 315 g/mol. The van der Waals surface area contributed by atoms with Gasteiger partial charge in [0.05, 0.1) is 4.90 Å². The van der Waals surface area contributed by atoms with Gasteiger partial charge in [0.1, 0.15) is 0 Å². The topological polar surface area (TPSA) is 107 Å². The van der Waals surface area contributed by atoms with E-state index in [2.05, 4.69) is 12.2 Å². The van der Waals surface area contributed by atoms with Crippen LogP contribution in [0, 0.1) is 6.92 Å². The summed E-state index contributed by atoms with van der Waals surface area (Å²) in [7, 11) is -3.77. The van der Waals surface area contributed by atoms with E-state index in [1.54, 1.807) is 13.0 Å². The van der Waals surface area contributed by atoms with Crippen LogP contribution in [0.3, 0.4) is 0 Å². The Kier molecular flexibility index (Phi) is 6.94. The Bertz CT molecular complexity index is 559. The lowest BCUT2D eigenvalue weighted by Crippen LogP contribution is -2.16. The molecule has 1 aromatic carbocycles. The predicted octanol–water partition coefficient (Wildman–Crippen LogP) is 1.84. The van der Waals surface area contributed by atoms with Crippen LogP contribution in [0.15, 0.2) is 17.0 Å². The van der Waals surface area contributed by atoms with Gasteiger partial charge in [-0.1, -0.05) is 13.3 Å². The maximum absolute atomic E-state index is 11.5. The van der Waals surface area contributed by atoms with Crippen molar-refractivity contribution in [1.82, 2.24) is 0 Å². The van der Waals surface area contributed by atoms with Crippen molar-refractivity contribution in [1.29, 1.82) is 0 Å². The quantitative estimate of drug-likeness (QED) is 0.476. The van der Waals surface area contributed by atoms with Crippen LogP contribution >= 0.6 is 0 Å². The molecule has 120 valence electrons. The van der Waals surface area contributed by atoms with E-state index in [0.717, 1.165) is 25.9 Å². The fourth-order valence-electron chi connectivity index (χ4n) is 1.93. The van der Waals surface area contributed by atoms with Crippen molar-refractivity contribution < 1.29 is 13.2 Å². The predicted molar refractivity (Wildman–Crippen MR) is 85.8 cm³/mol. The highest BCUT2D eigenvalue weighted by Crippen LogP contribution is 2.25. The maximum Gasteiger partial charge on any atom is 0.238 e. The standard InChI is InChI=1S/C14H25N3O3S/c1-3-4-7-20-8-5-6-17-13-9-12(15)10-14(11(13)2)21(16,18)19/h9-10,17H,3-8,15H2,1-2H3,(H2,16,18,19). The number of primary sulfonamides is 1. The van der Waals surface area contributed by atoms with Crippen LogP contribution in [-0.2, 0) is 14.8 Å². The van der Waals surface area contributed by atoms with Crippen molar-refractivity contribution in [2.75, 3.05) is 30.8 Å². The van der Waals surface area contributed by atoms with Crippen molar-refractivity contribution in [3.8, 4) is 0 Å². The summed E-state index contributed by atoms with van der Waals surface area (Å²) >= 11 is 0. The second-order valence-electron chi connectivity index (χ2n) is 4.98. The highest BCUT2D eigenvalue weighted by atomic mass is 32.2. The van der Waals surface area contributed by atoms with E-state index in [0.29, 0.717) is 30.1 Å². The highest BCUT2D eigenvalue weighted by molar-refractivity contribution is 7.89. The van der Waals surface area contributed by atoms with E-state index in [1.807, 2.05) is 0 Å². The lowest BCUT2D eigenvalue weighted by Gasteiger charge is -2.13. The number of hydrogen-bond acceptors (Lipinski definition) is 5. The van der Waals surface area contributed by atoms with E-state index in [9.17, 15) is 8.42 Å². The van der Waals surface area contributed by atoms with E-state index < -0.39 is 10.0 Å². The Morgan fingerprint density at radius 1 is 1.24 bits per heavy atom. The van der Waals surface area contributed by atoms with E-state index in [4.69, 9.17) is 15.6 Å². The molecule has 0 radical (unpaired) electrons. The third kappa shape index (κ3) is 5.91. The Morgan fingerprint density at radius 3 is 2.52 bits per heavy atom. The highest BCUT2D eigenvalue weighted by Gasteiger charge is 2.15. The summed E-state index contributed by atoms with van der Waals surface area (Å²) in [5.74, 6) is 0. The molecule has 0 aliphatic rings. The molecular formula is C14H25N3O3S. The molecule has 0 spiro atoms. The maximum atomic E-state index is 11.5. The lowest BCUT2D eigenvalue weighted by atomic mass is 10.1. The van der Waals surface area contributed by atoms with Gasteiger partial charge in [0, 0.05) is 31.1 Å². The summed E-state index contributed by atoms with van der Waals surface area (Å²) in [4.78, 5) is 0.0594. The summed E-state index contributed by atoms with van der Waals surface area (Å²) in [6.07, 6.45) is 3.03. The van der Waals surface area contributed by atoms with Crippen molar-refractivity contribution in [2.24, 2.45) is 5.14 Å². The fourth-order valence-corrected chi connectivity index (χ4v) is 2.77. The SMILES string of the molecule is CCCCOCCCNc1cc(N)cc(S(N)(=O)=O)c1C. The minimum atomic E-state index is -3.77. The molecule has 6 nitrogen and oxygen atoms in total. The first-order chi connectivity index (χ1) is 9.86. The fraction of sp³-hybridized carbons (Fsp3) is 0.571. The third-order valence-corrected chi connectivity index (χ3v) is 4.15. The zero-order valence-corrected chi connectivity index (χ0v) is 13.5. The van der Waals surface area contributed by atoms with Crippen LogP contribution in [0.2, 0.25) is 0 Å². The monoisotopic (exact) mass is 315 g/mol. The number of unbranched alkanes of at least 4 members (excludes halogenated alkanes) is 1. The van der Waals surface area contributed by atoms with Crippen molar-refractivity contribution in [2.45, 2.75) is 38.0 Å². The number of anilines is 2. The molecule has 0 unspecified atom stereocenters. The molecule has 0 aliphatic carbocycles. The Morgan fingerprint density at radius 2 is 1.90 bits per heavy atom. The van der Waals surface area contributed by atoms with Gasteiger partial charge in [0.15, 0.2) is 0 Å². The zero-order valence-electron chi connectivity index (χ0n) is 12.7. The number of nitrogens with one attached hydrogen (secondary N) is 1. The van der Waals surface area contributed by atoms with Gasteiger partial charge in [0.25, 0.3) is 0 Å². The first kappa shape index (κ1) is 17.7. The van der Waals surface area contributed by atoms with Gasteiger partial charge in [-0.2, -0.15) is 0 Å². The van der Waals surface area contributed by atoms with Gasteiger partial charge >= 0.3 is 0 Å². The molecular weight excluding hydrogens is 290 g/mol. The Balaban J connectivity index is 2.58. The van der Waals surface area contributed by atoms with Crippen LogP contribution in [0.25, 0.3) is 0 Å². The second kappa shape index (κ2) is 8.21. The van der Waals surface area contributed by atoms with Crippen molar-refractivity contribution in [3.05, 3.63) is 17.7 Å². The van der Waals surface area contributed by atoms with Gasteiger partial charge in [-0.15, -0.1) is 0 Å².